The molecular formula is C27H32Cl3NO7. The minimum Gasteiger partial charge on any atom is -0.475 e. The summed E-state index contributed by atoms with van der Waals surface area (Å²) in [5, 5.41) is 18.8. The summed E-state index contributed by atoms with van der Waals surface area (Å²) in [6.45, 7) is 5.06. The quantitative estimate of drug-likeness (QED) is 0.180. The predicted molar refractivity (Wildman–Crippen MR) is 144 cm³/mol. The Kier molecular flexibility index (Phi) is 10.8. The molecule has 1 saturated heterocycles. The summed E-state index contributed by atoms with van der Waals surface area (Å²) in [6.07, 6.45) is -5.62. The van der Waals surface area contributed by atoms with Crippen molar-refractivity contribution in [2.45, 2.75) is 68.5 Å². The van der Waals surface area contributed by atoms with Crippen LogP contribution in [0.3, 0.4) is 0 Å². The summed E-state index contributed by atoms with van der Waals surface area (Å²) < 4.78 is 27.2. The predicted octanol–water partition coefficient (Wildman–Crippen LogP) is 5.20. The van der Waals surface area contributed by atoms with E-state index >= 15 is 0 Å². The van der Waals surface area contributed by atoms with E-state index in [1.165, 1.54) is 0 Å². The van der Waals surface area contributed by atoms with Crippen molar-refractivity contribution >= 4 is 46.7 Å². The number of halogens is 3. The van der Waals surface area contributed by atoms with Crippen molar-refractivity contribution in [3.63, 3.8) is 0 Å². The average molecular weight is 589 g/mol. The zero-order chi connectivity index (χ0) is 27.9. The number of alkyl halides is 3. The normalized spacial score (nSPS) is 24.0. The molecule has 0 amide bonds. The number of nitrogens with one attached hydrogen (secondary N) is 1. The summed E-state index contributed by atoms with van der Waals surface area (Å²) in [4.78, 5) is 13.0. The smallest absolute Gasteiger partial charge is 0.311 e. The van der Waals surface area contributed by atoms with Gasteiger partial charge in [0.25, 0.3) is 3.79 Å². The number of carbonyl (C=O) groups excluding carboxylic acids is 1. The van der Waals surface area contributed by atoms with Crippen molar-refractivity contribution in [1.82, 2.24) is 0 Å². The maximum Gasteiger partial charge on any atom is 0.311 e. The molecule has 0 spiro atoms. The van der Waals surface area contributed by atoms with Crippen LogP contribution in [0, 0.1) is 10.8 Å². The van der Waals surface area contributed by atoms with Gasteiger partial charge in [0.2, 0.25) is 5.90 Å². The molecule has 0 aliphatic carbocycles. The molecule has 5 atom stereocenters. The van der Waals surface area contributed by atoms with Crippen LogP contribution in [0.25, 0.3) is 0 Å². The second-order valence-corrected chi connectivity index (χ2v) is 12.1. The van der Waals surface area contributed by atoms with Crippen LogP contribution in [0.5, 0.6) is 0 Å². The van der Waals surface area contributed by atoms with Crippen molar-refractivity contribution < 1.29 is 33.6 Å². The number of aliphatic hydroxyl groups excluding tert-OH is 1. The van der Waals surface area contributed by atoms with Crippen molar-refractivity contribution in [2.75, 3.05) is 6.61 Å². The molecule has 2 N–H and O–H groups in total. The van der Waals surface area contributed by atoms with Crippen LogP contribution >= 0.6 is 34.8 Å². The van der Waals surface area contributed by atoms with Gasteiger partial charge in [-0.2, -0.15) is 0 Å². The molecular weight excluding hydrogens is 557 g/mol. The zero-order valence-corrected chi connectivity index (χ0v) is 23.6. The van der Waals surface area contributed by atoms with Gasteiger partial charge in [-0.15, -0.1) is 0 Å². The van der Waals surface area contributed by atoms with E-state index in [-0.39, 0.29) is 19.8 Å². The van der Waals surface area contributed by atoms with E-state index in [9.17, 15) is 9.90 Å². The lowest BCUT2D eigenvalue weighted by Crippen LogP contribution is -2.62. The monoisotopic (exact) mass is 587 g/mol. The summed E-state index contributed by atoms with van der Waals surface area (Å²) in [5.74, 6) is -1.18. The lowest BCUT2D eigenvalue weighted by molar-refractivity contribution is -0.310. The fourth-order valence-electron chi connectivity index (χ4n) is 3.62. The molecule has 11 heteroatoms. The maximum atomic E-state index is 13.0. The topological polar surface area (TPSA) is 107 Å². The molecule has 38 heavy (non-hydrogen) atoms. The van der Waals surface area contributed by atoms with Crippen LogP contribution in [-0.2, 0) is 41.7 Å². The van der Waals surface area contributed by atoms with Gasteiger partial charge in [0.1, 0.15) is 24.9 Å². The molecule has 1 aliphatic rings. The molecule has 1 heterocycles. The molecule has 0 saturated carbocycles. The van der Waals surface area contributed by atoms with E-state index < -0.39 is 51.8 Å². The third-order valence-corrected chi connectivity index (χ3v) is 6.20. The molecule has 208 valence electrons. The van der Waals surface area contributed by atoms with Gasteiger partial charge in [0, 0.05) is 0 Å². The first-order chi connectivity index (χ1) is 17.9. The minimum atomic E-state index is -2.10. The van der Waals surface area contributed by atoms with E-state index in [4.69, 9.17) is 63.9 Å². The summed E-state index contributed by atoms with van der Waals surface area (Å²) in [7, 11) is 0. The molecule has 1 aliphatic heterocycles. The Bertz CT molecular complexity index is 1040. The first kappa shape index (κ1) is 30.6. The Morgan fingerprint density at radius 2 is 1.39 bits per heavy atom. The molecule has 2 aromatic carbocycles. The molecule has 0 unspecified atom stereocenters. The third-order valence-electron chi connectivity index (χ3n) is 5.68. The first-order valence-corrected chi connectivity index (χ1v) is 13.1. The van der Waals surface area contributed by atoms with E-state index in [1.807, 2.05) is 60.7 Å². The van der Waals surface area contributed by atoms with Gasteiger partial charge in [-0.25, -0.2) is 0 Å². The number of benzene rings is 2. The highest BCUT2D eigenvalue weighted by Gasteiger charge is 2.50. The van der Waals surface area contributed by atoms with Crippen LogP contribution in [0.4, 0.5) is 0 Å². The zero-order valence-electron chi connectivity index (χ0n) is 21.3. The summed E-state index contributed by atoms with van der Waals surface area (Å²) in [5.41, 5.74) is 0.879. The number of rotatable bonds is 9. The van der Waals surface area contributed by atoms with E-state index in [1.54, 1.807) is 20.8 Å². The van der Waals surface area contributed by atoms with Gasteiger partial charge in [-0.05, 0) is 31.9 Å². The van der Waals surface area contributed by atoms with Crippen molar-refractivity contribution in [1.29, 1.82) is 5.41 Å². The van der Waals surface area contributed by atoms with Crippen LogP contribution < -0.4 is 0 Å². The van der Waals surface area contributed by atoms with Crippen LogP contribution in [-0.4, -0.2) is 58.1 Å². The summed E-state index contributed by atoms with van der Waals surface area (Å²) >= 11 is 17.2. The minimum absolute atomic E-state index is 0.143. The van der Waals surface area contributed by atoms with Gasteiger partial charge < -0.3 is 28.8 Å². The standard InChI is InChI=1S/C27H32Cl3NO7/c1-26(2,3)25(33)38-20-19(16-36-24(31)27(28,29)30)37-23(32)22(35-15-18-12-8-5-9-13-18)21(20)34-14-17-10-6-4-7-11-17/h4-13,19-23,31-32H,14-16H2,1-3H3/t19-,20+,21+,22-,23+/m1/s1. The van der Waals surface area contributed by atoms with Crippen LogP contribution in [0.2, 0.25) is 0 Å². The Morgan fingerprint density at radius 1 is 0.895 bits per heavy atom. The number of carbonyl (C=O) groups is 1. The highest BCUT2D eigenvalue weighted by atomic mass is 35.6. The highest BCUT2D eigenvalue weighted by Crippen LogP contribution is 2.32. The first-order valence-electron chi connectivity index (χ1n) is 12.0. The second-order valence-electron chi connectivity index (χ2n) is 9.85. The van der Waals surface area contributed by atoms with Gasteiger partial charge >= 0.3 is 5.97 Å². The fourth-order valence-corrected chi connectivity index (χ4v) is 3.78. The number of aliphatic hydroxyl groups is 1. The number of hydrogen-bond donors (Lipinski definition) is 2. The molecule has 2 aromatic rings. The maximum absolute atomic E-state index is 13.0. The average Bonchev–Trinajstić information content (AvgIpc) is 2.86. The highest BCUT2D eigenvalue weighted by molar-refractivity contribution is 6.76. The molecule has 0 bridgehead atoms. The lowest BCUT2D eigenvalue weighted by Gasteiger charge is -2.44. The Hall–Kier alpha value is -1.91. The van der Waals surface area contributed by atoms with Crippen molar-refractivity contribution in [2.24, 2.45) is 5.41 Å². The lowest BCUT2D eigenvalue weighted by atomic mass is 9.95. The van der Waals surface area contributed by atoms with Crippen LogP contribution in [0.1, 0.15) is 31.9 Å². The molecule has 8 nitrogen and oxygen atoms in total. The Labute approximate surface area is 237 Å². The molecule has 1 fully saturated rings. The summed E-state index contributed by atoms with van der Waals surface area (Å²) in [6, 6.07) is 18.8. The Balaban J connectivity index is 1.90. The SMILES string of the molecule is CC(C)(C)C(=O)O[C@@H]1[C@H](OCc2ccccc2)[C@@H](OCc2ccccc2)[C@@H](O)O[C@@H]1COC(=N)C(Cl)(Cl)Cl. The Morgan fingerprint density at radius 3 is 1.87 bits per heavy atom. The molecule has 0 radical (unpaired) electrons. The second kappa shape index (κ2) is 13.4. The molecule has 3 rings (SSSR count). The van der Waals surface area contributed by atoms with Gasteiger partial charge in [0.05, 0.1) is 18.6 Å². The van der Waals surface area contributed by atoms with Gasteiger partial charge in [-0.1, -0.05) is 95.5 Å². The largest absolute Gasteiger partial charge is 0.475 e. The van der Waals surface area contributed by atoms with Gasteiger partial charge in [-0.3, -0.25) is 10.2 Å². The number of ether oxygens (including phenoxy) is 5. The third kappa shape index (κ3) is 8.81. The van der Waals surface area contributed by atoms with Crippen molar-refractivity contribution in [3.05, 3.63) is 71.8 Å². The fraction of sp³-hybridized carbons (Fsp3) is 0.481. The number of hydrogen-bond acceptors (Lipinski definition) is 8. The van der Waals surface area contributed by atoms with E-state index in [2.05, 4.69) is 0 Å². The molecule has 0 aromatic heterocycles. The van der Waals surface area contributed by atoms with E-state index in [0.29, 0.717) is 0 Å². The van der Waals surface area contributed by atoms with Crippen molar-refractivity contribution in [3.8, 4) is 0 Å². The van der Waals surface area contributed by atoms with Crippen LogP contribution in [0.15, 0.2) is 60.7 Å². The van der Waals surface area contributed by atoms with E-state index in [0.717, 1.165) is 11.1 Å². The van der Waals surface area contributed by atoms with Gasteiger partial charge in [0.15, 0.2) is 12.4 Å². The number of esters is 1.